The monoisotopic (exact) mass is 337 g/mol. The van der Waals surface area contributed by atoms with E-state index < -0.39 is 0 Å². The summed E-state index contributed by atoms with van der Waals surface area (Å²) in [5, 5.41) is 3.90. The molecule has 5 rings (SSSR count). The summed E-state index contributed by atoms with van der Waals surface area (Å²) < 4.78 is 6.66. The van der Waals surface area contributed by atoms with Crippen LogP contribution in [0.3, 0.4) is 0 Å². The fraction of sp³-hybridized carbons (Fsp3) is 0.765. The van der Waals surface area contributed by atoms with Gasteiger partial charge in [0.25, 0.3) is 0 Å². The van der Waals surface area contributed by atoms with Crippen molar-refractivity contribution in [2.24, 2.45) is 16.7 Å². The minimum atomic E-state index is 0.356. The van der Waals surface area contributed by atoms with Crippen LogP contribution in [0.25, 0.3) is 0 Å². The highest BCUT2D eigenvalue weighted by Gasteiger charge is 2.59. The first-order valence-corrected chi connectivity index (χ1v) is 8.66. The van der Waals surface area contributed by atoms with E-state index in [1.165, 1.54) is 38.5 Å². The minimum Gasteiger partial charge on any atom is -0.467 e. The van der Waals surface area contributed by atoms with Crippen molar-refractivity contribution in [1.29, 1.82) is 0 Å². The lowest BCUT2D eigenvalue weighted by molar-refractivity contribution is -0.118. The first-order valence-electron chi connectivity index (χ1n) is 7.86. The molecule has 4 aliphatic rings. The molecule has 0 radical (unpaired) electrons. The van der Waals surface area contributed by atoms with Gasteiger partial charge in [0.05, 0.1) is 17.3 Å². The van der Waals surface area contributed by atoms with E-state index in [-0.39, 0.29) is 0 Å². The first-order chi connectivity index (χ1) is 9.40. The number of hydrogen-bond donors (Lipinski definition) is 1. The van der Waals surface area contributed by atoms with Crippen LogP contribution in [0.1, 0.15) is 58.1 Å². The number of hydrogen-bond acceptors (Lipinski definition) is 2. The van der Waals surface area contributed by atoms with Crippen LogP contribution < -0.4 is 5.32 Å². The average molecular weight is 338 g/mol. The highest BCUT2D eigenvalue weighted by atomic mass is 79.9. The van der Waals surface area contributed by atoms with E-state index in [4.69, 9.17) is 4.42 Å². The largest absolute Gasteiger partial charge is 0.467 e. The van der Waals surface area contributed by atoms with Gasteiger partial charge in [-0.15, -0.1) is 0 Å². The summed E-state index contributed by atoms with van der Waals surface area (Å²) in [6.07, 6.45) is 10.2. The van der Waals surface area contributed by atoms with Crippen molar-refractivity contribution in [3.8, 4) is 0 Å². The Morgan fingerprint density at radius 1 is 1.20 bits per heavy atom. The second-order valence-corrected chi connectivity index (χ2v) is 9.31. The Morgan fingerprint density at radius 3 is 2.45 bits per heavy atom. The molecule has 0 aliphatic heterocycles. The van der Waals surface area contributed by atoms with E-state index in [0.717, 1.165) is 22.7 Å². The maximum absolute atomic E-state index is 5.57. The zero-order valence-electron chi connectivity index (χ0n) is 12.5. The predicted octanol–water partition coefficient (Wildman–Crippen LogP) is 4.88. The Kier molecular flexibility index (Phi) is 2.77. The molecular weight excluding hydrogens is 314 g/mol. The predicted molar refractivity (Wildman–Crippen MR) is 83.4 cm³/mol. The highest BCUT2D eigenvalue weighted by Crippen LogP contribution is 2.66. The Bertz CT molecular complexity index is 519. The summed E-state index contributed by atoms with van der Waals surface area (Å²) >= 11 is 3.56. The van der Waals surface area contributed by atoms with E-state index in [2.05, 4.69) is 35.1 Å². The van der Waals surface area contributed by atoms with Crippen LogP contribution in [-0.2, 0) is 6.54 Å². The van der Waals surface area contributed by atoms with Crippen LogP contribution >= 0.6 is 15.9 Å². The van der Waals surface area contributed by atoms with Gasteiger partial charge in [-0.25, -0.2) is 0 Å². The topological polar surface area (TPSA) is 25.2 Å². The molecule has 1 aromatic heterocycles. The molecule has 1 heterocycles. The van der Waals surface area contributed by atoms with Gasteiger partial charge >= 0.3 is 0 Å². The lowest BCUT2D eigenvalue weighted by Crippen LogP contribution is -2.63. The van der Waals surface area contributed by atoms with Gasteiger partial charge in [-0.1, -0.05) is 13.8 Å². The molecule has 110 valence electrons. The standard InChI is InChI=1S/C17H24BrNO/c1-15-5-12-6-16(2,9-15)11-17(7-12,10-15)19-8-14-13(18)3-4-20-14/h3-4,12,19H,5-11H2,1-2H3. The van der Waals surface area contributed by atoms with Crippen LogP contribution in [0.4, 0.5) is 0 Å². The van der Waals surface area contributed by atoms with Crippen molar-refractivity contribution >= 4 is 15.9 Å². The molecule has 2 unspecified atom stereocenters. The molecule has 1 N–H and O–H groups in total. The summed E-state index contributed by atoms with van der Waals surface area (Å²) in [5.41, 5.74) is 1.50. The fourth-order valence-corrected chi connectivity index (χ4v) is 6.71. The molecular formula is C17H24BrNO. The summed E-state index contributed by atoms with van der Waals surface area (Å²) in [5.74, 6) is 1.98. The maximum atomic E-state index is 5.57. The van der Waals surface area contributed by atoms with Crippen molar-refractivity contribution in [2.75, 3.05) is 0 Å². The van der Waals surface area contributed by atoms with Crippen molar-refractivity contribution in [2.45, 2.75) is 64.5 Å². The lowest BCUT2D eigenvalue weighted by atomic mass is 9.43. The summed E-state index contributed by atoms with van der Waals surface area (Å²) in [4.78, 5) is 0. The SMILES string of the molecule is CC12CC3CC(C)(C1)CC(NCc1occc1Br)(C3)C2. The third kappa shape index (κ3) is 2.09. The van der Waals surface area contributed by atoms with E-state index in [1.807, 2.05) is 6.07 Å². The van der Waals surface area contributed by atoms with Crippen molar-refractivity contribution in [3.63, 3.8) is 0 Å². The van der Waals surface area contributed by atoms with Crippen molar-refractivity contribution in [1.82, 2.24) is 5.32 Å². The summed E-state index contributed by atoms with van der Waals surface area (Å²) in [7, 11) is 0. The third-order valence-corrected chi connectivity index (χ3v) is 6.65. The van der Waals surface area contributed by atoms with Crippen LogP contribution in [0.15, 0.2) is 21.2 Å². The molecule has 2 atom stereocenters. The summed E-state index contributed by atoms with van der Waals surface area (Å²) in [6.45, 7) is 5.90. The number of halogens is 1. The Balaban J connectivity index is 1.56. The molecule has 4 saturated carbocycles. The fourth-order valence-electron chi connectivity index (χ4n) is 6.36. The zero-order chi connectivity index (χ0) is 14.0. The molecule has 4 fully saturated rings. The molecule has 0 saturated heterocycles. The molecule has 2 nitrogen and oxygen atoms in total. The third-order valence-electron chi connectivity index (χ3n) is 5.94. The lowest BCUT2D eigenvalue weighted by Gasteiger charge is -2.65. The Morgan fingerprint density at radius 2 is 1.90 bits per heavy atom. The second kappa shape index (κ2) is 4.13. The average Bonchev–Trinajstić information content (AvgIpc) is 2.67. The molecule has 1 aromatic rings. The van der Waals surface area contributed by atoms with Crippen LogP contribution in [-0.4, -0.2) is 5.54 Å². The smallest absolute Gasteiger partial charge is 0.131 e. The molecule has 4 bridgehead atoms. The van der Waals surface area contributed by atoms with Crippen LogP contribution in [0, 0.1) is 16.7 Å². The van der Waals surface area contributed by atoms with Crippen LogP contribution in [0.5, 0.6) is 0 Å². The molecule has 3 heteroatoms. The van der Waals surface area contributed by atoms with Gasteiger partial charge in [0, 0.05) is 5.54 Å². The van der Waals surface area contributed by atoms with E-state index in [1.54, 1.807) is 6.26 Å². The van der Waals surface area contributed by atoms with Gasteiger partial charge in [0.15, 0.2) is 0 Å². The zero-order valence-corrected chi connectivity index (χ0v) is 14.1. The van der Waals surface area contributed by atoms with Crippen LogP contribution in [0.2, 0.25) is 0 Å². The Labute approximate surface area is 129 Å². The van der Waals surface area contributed by atoms with E-state index in [9.17, 15) is 0 Å². The summed E-state index contributed by atoms with van der Waals surface area (Å²) in [6, 6.07) is 1.99. The van der Waals surface area contributed by atoms with Gasteiger partial charge in [0.1, 0.15) is 5.76 Å². The van der Waals surface area contributed by atoms with Crippen molar-refractivity contribution in [3.05, 3.63) is 22.6 Å². The van der Waals surface area contributed by atoms with Gasteiger partial charge < -0.3 is 9.73 Å². The second-order valence-electron chi connectivity index (χ2n) is 8.46. The van der Waals surface area contributed by atoms with Gasteiger partial charge in [0.2, 0.25) is 0 Å². The Hall–Kier alpha value is -0.280. The van der Waals surface area contributed by atoms with Gasteiger partial charge in [-0.3, -0.25) is 0 Å². The number of furan rings is 1. The highest BCUT2D eigenvalue weighted by molar-refractivity contribution is 9.10. The maximum Gasteiger partial charge on any atom is 0.131 e. The molecule has 4 aliphatic carbocycles. The quantitative estimate of drug-likeness (QED) is 0.850. The van der Waals surface area contributed by atoms with Crippen molar-refractivity contribution < 1.29 is 4.42 Å². The molecule has 0 spiro atoms. The number of nitrogens with one attached hydrogen (secondary N) is 1. The minimum absolute atomic E-state index is 0.356. The first kappa shape index (κ1) is 13.4. The molecule has 20 heavy (non-hydrogen) atoms. The van der Waals surface area contributed by atoms with E-state index >= 15 is 0 Å². The van der Waals surface area contributed by atoms with E-state index in [0.29, 0.717) is 16.4 Å². The van der Waals surface area contributed by atoms with Gasteiger partial charge in [-0.2, -0.15) is 0 Å². The molecule has 0 amide bonds. The number of rotatable bonds is 3. The normalized spacial score (nSPS) is 46.0. The molecule has 0 aromatic carbocycles. The van der Waals surface area contributed by atoms with Gasteiger partial charge in [-0.05, 0) is 77.3 Å².